The lowest BCUT2D eigenvalue weighted by Crippen LogP contribution is -2.26. The maximum Gasteiger partial charge on any atom is 0.270 e. The molecule has 1 aromatic carbocycles. The lowest BCUT2D eigenvalue weighted by molar-refractivity contribution is 0.515. The molecular formula is C26H27N7O. The normalized spacial score (nSPS) is 17.3. The van der Waals surface area contributed by atoms with E-state index in [1.165, 1.54) is 5.52 Å². The second-order valence-corrected chi connectivity index (χ2v) is 9.78. The quantitative estimate of drug-likeness (QED) is 0.448. The van der Waals surface area contributed by atoms with Gasteiger partial charge >= 0.3 is 0 Å². The molecule has 3 N–H and O–H groups in total. The second-order valence-electron chi connectivity index (χ2n) is 9.78. The summed E-state index contributed by atoms with van der Waals surface area (Å²) < 4.78 is 3.97. The Morgan fingerprint density at radius 3 is 2.76 bits per heavy atom. The van der Waals surface area contributed by atoms with Crippen molar-refractivity contribution in [3.8, 4) is 6.07 Å². The van der Waals surface area contributed by atoms with Crippen molar-refractivity contribution in [1.82, 2.24) is 19.1 Å². The van der Waals surface area contributed by atoms with Gasteiger partial charge in [-0.3, -0.25) is 9.36 Å². The molecule has 8 nitrogen and oxygen atoms in total. The van der Waals surface area contributed by atoms with E-state index in [9.17, 15) is 10.1 Å². The summed E-state index contributed by atoms with van der Waals surface area (Å²) in [7, 11) is 0. The minimum absolute atomic E-state index is 0.0405. The van der Waals surface area contributed by atoms with Gasteiger partial charge in [-0.15, -0.1) is 0 Å². The molecule has 0 saturated heterocycles. The number of nitrogens with zero attached hydrogens (tertiary/aromatic N) is 5. The molecule has 0 unspecified atom stereocenters. The van der Waals surface area contributed by atoms with Crippen molar-refractivity contribution in [1.29, 1.82) is 5.26 Å². The van der Waals surface area contributed by atoms with E-state index in [0.717, 1.165) is 62.6 Å². The monoisotopic (exact) mass is 453 g/mol. The molecule has 2 saturated carbocycles. The number of aromatic nitrogens is 4. The number of rotatable bonds is 6. The fraction of sp³-hybridized carbons (Fsp3) is 0.385. The number of nitrogens with one attached hydrogen (secondary N) is 1. The van der Waals surface area contributed by atoms with Crippen LogP contribution in [0.4, 0.5) is 11.6 Å². The number of nitrogens with two attached hydrogens (primary N) is 1. The average molecular weight is 454 g/mol. The van der Waals surface area contributed by atoms with Crippen molar-refractivity contribution in [2.75, 3.05) is 5.32 Å². The van der Waals surface area contributed by atoms with Gasteiger partial charge in [0, 0.05) is 52.5 Å². The van der Waals surface area contributed by atoms with E-state index >= 15 is 0 Å². The van der Waals surface area contributed by atoms with Crippen molar-refractivity contribution in [3.05, 3.63) is 58.6 Å². The van der Waals surface area contributed by atoms with Gasteiger partial charge in [-0.1, -0.05) is 12.8 Å². The Bertz CT molecular complexity index is 1500. The highest BCUT2D eigenvalue weighted by Crippen LogP contribution is 2.36. The predicted octanol–water partition coefficient (Wildman–Crippen LogP) is 4.36. The topological polar surface area (TPSA) is 115 Å². The molecule has 172 valence electrons. The first-order chi connectivity index (χ1) is 16.5. The summed E-state index contributed by atoms with van der Waals surface area (Å²) in [6, 6.07) is 12.0. The third-order valence-corrected chi connectivity index (χ3v) is 7.35. The molecule has 6 rings (SSSR count). The van der Waals surface area contributed by atoms with Gasteiger partial charge in [-0.05, 0) is 62.4 Å². The lowest BCUT2D eigenvalue weighted by atomic mass is 10.2. The number of nitriles is 1. The van der Waals surface area contributed by atoms with E-state index in [0.29, 0.717) is 17.0 Å². The Morgan fingerprint density at radius 1 is 1.18 bits per heavy atom. The average Bonchev–Trinajstić information content (AvgIpc) is 3.22. The van der Waals surface area contributed by atoms with Crippen LogP contribution in [0.25, 0.3) is 21.9 Å². The minimum atomic E-state index is -0.264. The van der Waals surface area contributed by atoms with Crippen LogP contribution in [-0.2, 0) is 6.54 Å². The summed E-state index contributed by atoms with van der Waals surface area (Å²) in [6.45, 7) is 0.921. The third kappa shape index (κ3) is 3.72. The lowest BCUT2D eigenvalue weighted by Gasteiger charge is -2.17. The van der Waals surface area contributed by atoms with Crippen molar-refractivity contribution < 1.29 is 0 Å². The smallest absolute Gasteiger partial charge is 0.270 e. The fourth-order valence-corrected chi connectivity index (χ4v) is 5.12. The first-order valence-corrected chi connectivity index (χ1v) is 12.0. The highest BCUT2D eigenvalue weighted by molar-refractivity contribution is 5.85. The predicted molar refractivity (Wildman–Crippen MR) is 132 cm³/mol. The van der Waals surface area contributed by atoms with Gasteiger partial charge in [-0.25, -0.2) is 4.98 Å². The third-order valence-electron chi connectivity index (χ3n) is 7.35. The zero-order valence-electron chi connectivity index (χ0n) is 19.0. The zero-order chi connectivity index (χ0) is 23.3. The van der Waals surface area contributed by atoms with Gasteiger partial charge in [0.15, 0.2) is 0 Å². The molecule has 3 aromatic heterocycles. The Labute approximate surface area is 197 Å². The molecule has 0 atom stereocenters. The standard InChI is InChI=1S/C26H27N7O/c27-15-18-13-19-16-29-25(31-23(19)33(24(18)34)21-3-1-2-4-21)30-20-5-6-22-17(14-20)7-11-32(22)12-10-26(28)8-9-26/h5-7,11,13-14,16,21H,1-4,8-10,12,28H2,(H,29,30,31). The van der Waals surface area contributed by atoms with Gasteiger partial charge in [0.2, 0.25) is 5.95 Å². The summed E-state index contributed by atoms with van der Waals surface area (Å²) in [5, 5.41) is 14.6. The Morgan fingerprint density at radius 2 is 2.00 bits per heavy atom. The van der Waals surface area contributed by atoms with E-state index in [4.69, 9.17) is 10.7 Å². The molecule has 4 aromatic rings. The largest absolute Gasteiger partial charge is 0.347 e. The summed E-state index contributed by atoms with van der Waals surface area (Å²) >= 11 is 0. The van der Waals surface area contributed by atoms with Crippen LogP contribution in [0.2, 0.25) is 0 Å². The Hall–Kier alpha value is -3.70. The van der Waals surface area contributed by atoms with E-state index < -0.39 is 0 Å². The number of aryl methyl sites for hydroxylation is 1. The number of pyridine rings is 1. The molecule has 0 bridgehead atoms. The van der Waals surface area contributed by atoms with E-state index in [2.05, 4.69) is 39.3 Å². The van der Waals surface area contributed by atoms with Gasteiger partial charge < -0.3 is 15.6 Å². The van der Waals surface area contributed by atoms with Crippen molar-refractivity contribution in [3.63, 3.8) is 0 Å². The molecule has 0 radical (unpaired) electrons. The van der Waals surface area contributed by atoms with Gasteiger partial charge in [0.1, 0.15) is 17.3 Å². The SMILES string of the molecule is N#Cc1cc2cnc(Nc3ccc4c(ccn4CCC4(N)CC4)c3)nc2n(C2CCCC2)c1=O. The van der Waals surface area contributed by atoms with Crippen LogP contribution in [-0.4, -0.2) is 24.6 Å². The zero-order valence-corrected chi connectivity index (χ0v) is 19.0. The number of hydrogen-bond acceptors (Lipinski definition) is 6. The van der Waals surface area contributed by atoms with Crippen LogP contribution in [0.1, 0.15) is 56.6 Å². The molecule has 2 aliphatic carbocycles. The maximum absolute atomic E-state index is 13.0. The van der Waals surface area contributed by atoms with Crippen LogP contribution in [0, 0.1) is 11.3 Å². The molecule has 0 spiro atoms. The van der Waals surface area contributed by atoms with E-state index in [-0.39, 0.29) is 22.7 Å². The highest BCUT2D eigenvalue weighted by Gasteiger charge is 2.37. The van der Waals surface area contributed by atoms with Crippen LogP contribution in [0.3, 0.4) is 0 Å². The van der Waals surface area contributed by atoms with Crippen molar-refractivity contribution >= 4 is 33.6 Å². The van der Waals surface area contributed by atoms with Crippen LogP contribution in [0.5, 0.6) is 0 Å². The summed E-state index contributed by atoms with van der Waals surface area (Å²) in [5.41, 5.74) is 8.81. The van der Waals surface area contributed by atoms with E-state index in [1.54, 1.807) is 16.8 Å². The fourth-order valence-electron chi connectivity index (χ4n) is 5.12. The van der Waals surface area contributed by atoms with E-state index in [1.807, 2.05) is 12.1 Å². The first kappa shape index (κ1) is 20.9. The van der Waals surface area contributed by atoms with Gasteiger partial charge in [0.25, 0.3) is 5.56 Å². The summed E-state index contributed by atoms with van der Waals surface area (Å²) in [4.78, 5) is 22.2. The summed E-state index contributed by atoms with van der Waals surface area (Å²) in [6.07, 6.45) is 11.1. The molecule has 2 aliphatic rings. The molecule has 0 aliphatic heterocycles. The number of benzene rings is 1. The molecule has 0 amide bonds. The summed E-state index contributed by atoms with van der Waals surface area (Å²) in [5.74, 6) is 0.431. The van der Waals surface area contributed by atoms with Crippen LogP contribution < -0.4 is 16.6 Å². The molecule has 2 fully saturated rings. The molecule has 34 heavy (non-hydrogen) atoms. The van der Waals surface area contributed by atoms with Crippen LogP contribution in [0.15, 0.2) is 47.5 Å². The van der Waals surface area contributed by atoms with Gasteiger partial charge in [-0.2, -0.15) is 10.2 Å². The second kappa shape index (κ2) is 7.96. The first-order valence-electron chi connectivity index (χ1n) is 12.0. The van der Waals surface area contributed by atoms with Crippen LogP contribution >= 0.6 is 0 Å². The maximum atomic E-state index is 13.0. The molecule has 3 heterocycles. The molecular weight excluding hydrogens is 426 g/mol. The minimum Gasteiger partial charge on any atom is -0.347 e. The van der Waals surface area contributed by atoms with Crippen molar-refractivity contribution in [2.45, 2.75) is 63.1 Å². The Balaban J connectivity index is 1.32. The number of fused-ring (bicyclic) bond motifs is 2. The Kier molecular flexibility index (Phi) is 4.89. The van der Waals surface area contributed by atoms with Crippen molar-refractivity contribution in [2.24, 2.45) is 5.73 Å². The number of hydrogen-bond donors (Lipinski definition) is 2. The van der Waals surface area contributed by atoms with Gasteiger partial charge in [0.05, 0.1) is 0 Å². The highest BCUT2D eigenvalue weighted by atomic mass is 16.1. The number of anilines is 2. The molecule has 8 heteroatoms.